The van der Waals surface area contributed by atoms with Crippen molar-refractivity contribution < 1.29 is 14.0 Å². The maximum atomic E-state index is 13.4. The van der Waals surface area contributed by atoms with Crippen LogP contribution in [0.5, 0.6) is 0 Å². The number of carbonyl (C=O) groups excluding carboxylic acids is 1. The van der Waals surface area contributed by atoms with Crippen LogP contribution < -0.4 is 5.32 Å². The molecule has 0 unspecified atom stereocenters. The molecule has 1 amide bonds. The van der Waals surface area contributed by atoms with E-state index in [1.807, 2.05) is 37.3 Å². The molecule has 1 aromatic heterocycles. The number of pyridine rings is 1. The Morgan fingerprint density at radius 1 is 1.30 bits per heavy atom. The standard InChI is InChI=1S/C21H22FN3O2/c1-4-18(22)15(3)21(26)24-20-12-11-17(13-23-20)19(5-2)25-27-14-16-9-7-6-8-10-16/h4,6-13H,1,5,14H2,2-3H3,(H,23,24,26)/b18-15-,25-19+. The molecule has 27 heavy (non-hydrogen) atoms. The Hall–Kier alpha value is -3.28. The van der Waals surface area contributed by atoms with E-state index in [1.54, 1.807) is 18.3 Å². The average molecular weight is 367 g/mol. The molecule has 2 aromatic rings. The van der Waals surface area contributed by atoms with Crippen LogP contribution >= 0.6 is 0 Å². The fraction of sp³-hybridized carbons (Fsp3) is 0.190. The number of carbonyl (C=O) groups is 1. The third-order valence-electron chi connectivity index (χ3n) is 3.80. The Morgan fingerprint density at radius 2 is 2.04 bits per heavy atom. The van der Waals surface area contributed by atoms with Crippen molar-refractivity contribution in [2.24, 2.45) is 5.16 Å². The average Bonchev–Trinajstić information content (AvgIpc) is 2.71. The van der Waals surface area contributed by atoms with Crippen LogP contribution in [-0.2, 0) is 16.2 Å². The highest BCUT2D eigenvalue weighted by molar-refractivity contribution is 6.04. The Bertz CT molecular complexity index is 843. The Labute approximate surface area is 158 Å². The SMILES string of the molecule is C=C/C(F)=C(\C)C(=O)Nc1ccc(/C(CC)=N/OCc2ccccc2)cn1. The summed E-state index contributed by atoms with van der Waals surface area (Å²) >= 11 is 0. The van der Waals surface area contributed by atoms with Crippen molar-refractivity contribution in [3.05, 3.63) is 83.8 Å². The number of hydrogen-bond acceptors (Lipinski definition) is 4. The van der Waals surface area contributed by atoms with Gasteiger partial charge in [0, 0.05) is 17.3 Å². The topological polar surface area (TPSA) is 63.6 Å². The lowest BCUT2D eigenvalue weighted by molar-refractivity contribution is -0.112. The summed E-state index contributed by atoms with van der Waals surface area (Å²) in [5, 5.41) is 6.72. The molecule has 0 aliphatic carbocycles. The van der Waals surface area contributed by atoms with Gasteiger partial charge in [0.15, 0.2) is 0 Å². The molecule has 1 heterocycles. The molecule has 0 atom stereocenters. The van der Waals surface area contributed by atoms with Crippen LogP contribution in [0.1, 0.15) is 31.4 Å². The van der Waals surface area contributed by atoms with E-state index in [1.165, 1.54) is 6.92 Å². The minimum absolute atomic E-state index is 0.0546. The molecule has 0 saturated carbocycles. The second-order valence-corrected chi connectivity index (χ2v) is 5.71. The highest BCUT2D eigenvalue weighted by Crippen LogP contribution is 2.12. The molecule has 1 aromatic carbocycles. The first-order valence-electron chi connectivity index (χ1n) is 8.54. The lowest BCUT2D eigenvalue weighted by Gasteiger charge is -2.07. The molecule has 2 rings (SSSR count). The van der Waals surface area contributed by atoms with Gasteiger partial charge < -0.3 is 10.2 Å². The molecule has 0 fully saturated rings. The van der Waals surface area contributed by atoms with Gasteiger partial charge in [0.05, 0.1) is 5.71 Å². The smallest absolute Gasteiger partial charge is 0.255 e. The number of nitrogens with one attached hydrogen (secondary N) is 1. The fourth-order valence-corrected chi connectivity index (χ4v) is 2.19. The Balaban J connectivity index is 2.02. The quantitative estimate of drug-likeness (QED) is 0.316. The Morgan fingerprint density at radius 3 is 2.63 bits per heavy atom. The van der Waals surface area contributed by atoms with Crippen molar-refractivity contribution in [2.45, 2.75) is 26.9 Å². The first kappa shape index (κ1) is 20.0. The molecule has 0 radical (unpaired) electrons. The molecule has 140 valence electrons. The van der Waals surface area contributed by atoms with Crippen molar-refractivity contribution in [2.75, 3.05) is 5.32 Å². The first-order chi connectivity index (χ1) is 13.0. The summed E-state index contributed by atoms with van der Waals surface area (Å²) in [6, 6.07) is 13.2. The monoisotopic (exact) mass is 367 g/mol. The van der Waals surface area contributed by atoms with Crippen LogP contribution in [0.4, 0.5) is 10.2 Å². The molecule has 1 N–H and O–H groups in total. The van der Waals surface area contributed by atoms with Gasteiger partial charge >= 0.3 is 0 Å². The van der Waals surface area contributed by atoms with Gasteiger partial charge in [0.1, 0.15) is 18.3 Å². The lowest BCUT2D eigenvalue weighted by atomic mass is 10.1. The number of halogens is 1. The van der Waals surface area contributed by atoms with Gasteiger partial charge in [-0.2, -0.15) is 0 Å². The third kappa shape index (κ3) is 5.88. The van der Waals surface area contributed by atoms with Gasteiger partial charge in [0.2, 0.25) is 0 Å². The number of oxime groups is 1. The number of amides is 1. The van der Waals surface area contributed by atoms with Crippen molar-refractivity contribution in [1.82, 2.24) is 4.98 Å². The molecule has 0 bridgehead atoms. The maximum Gasteiger partial charge on any atom is 0.255 e. The van der Waals surface area contributed by atoms with E-state index in [0.29, 0.717) is 18.8 Å². The van der Waals surface area contributed by atoms with E-state index < -0.39 is 11.7 Å². The summed E-state index contributed by atoms with van der Waals surface area (Å²) in [6.07, 6.45) is 3.24. The second-order valence-electron chi connectivity index (χ2n) is 5.71. The van der Waals surface area contributed by atoms with Crippen molar-refractivity contribution in [3.63, 3.8) is 0 Å². The molecule has 0 spiro atoms. The van der Waals surface area contributed by atoms with E-state index >= 15 is 0 Å². The third-order valence-corrected chi connectivity index (χ3v) is 3.80. The van der Waals surface area contributed by atoms with Gasteiger partial charge in [-0.05, 0) is 37.1 Å². The summed E-state index contributed by atoms with van der Waals surface area (Å²) in [5.74, 6) is -0.913. The summed E-state index contributed by atoms with van der Waals surface area (Å²) in [7, 11) is 0. The van der Waals surface area contributed by atoms with Crippen LogP contribution in [0.15, 0.2) is 77.9 Å². The van der Waals surface area contributed by atoms with Gasteiger partial charge in [-0.25, -0.2) is 9.37 Å². The number of anilines is 1. The van der Waals surface area contributed by atoms with E-state index in [-0.39, 0.29) is 5.57 Å². The largest absolute Gasteiger partial charge is 0.391 e. The van der Waals surface area contributed by atoms with Crippen molar-refractivity contribution in [3.8, 4) is 0 Å². The molecular weight excluding hydrogens is 345 g/mol. The van der Waals surface area contributed by atoms with E-state index in [4.69, 9.17) is 4.84 Å². The number of hydrogen-bond donors (Lipinski definition) is 1. The number of rotatable bonds is 8. The van der Waals surface area contributed by atoms with Gasteiger partial charge in [-0.3, -0.25) is 4.79 Å². The van der Waals surface area contributed by atoms with Crippen LogP contribution in [0.3, 0.4) is 0 Å². The van der Waals surface area contributed by atoms with Gasteiger partial charge in [-0.1, -0.05) is 49.0 Å². The summed E-state index contributed by atoms with van der Waals surface area (Å²) in [4.78, 5) is 21.5. The van der Waals surface area contributed by atoms with E-state index in [2.05, 4.69) is 22.0 Å². The van der Waals surface area contributed by atoms with E-state index in [0.717, 1.165) is 22.9 Å². The van der Waals surface area contributed by atoms with Crippen LogP contribution in [-0.4, -0.2) is 16.6 Å². The highest BCUT2D eigenvalue weighted by atomic mass is 19.1. The lowest BCUT2D eigenvalue weighted by Crippen LogP contribution is -2.14. The Kier molecular flexibility index (Phi) is 7.43. The van der Waals surface area contributed by atoms with Gasteiger partial charge in [0.25, 0.3) is 5.91 Å². The summed E-state index contributed by atoms with van der Waals surface area (Å²) in [5.41, 5.74) is 2.50. The number of nitrogens with zero attached hydrogens (tertiary/aromatic N) is 2. The number of allylic oxidation sites excluding steroid dienone is 2. The second kappa shape index (κ2) is 10.0. The van der Waals surface area contributed by atoms with Crippen LogP contribution in [0.25, 0.3) is 0 Å². The molecule has 0 aliphatic rings. The first-order valence-corrected chi connectivity index (χ1v) is 8.54. The molecule has 0 aliphatic heterocycles. The van der Waals surface area contributed by atoms with Gasteiger partial charge in [-0.15, -0.1) is 0 Å². The zero-order valence-corrected chi connectivity index (χ0v) is 15.4. The number of benzene rings is 1. The molecule has 6 heteroatoms. The maximum absolute atomic E-state index is 13.4. The fourth-order valence-electron chi connectivity index (χ4n) is 2.19. The van der Waals surface area contributed by atoms with E-state index in [9.17, 15) is 9.18 Å². The molecular formula is C21H22FN3O2. The van der Waals surface area contributed by atoms with Crippen LogP contribution in [0.2, 0.25) is 0 Å². The zero-order valence-electron chi connectivity index (χ0n) is 15.4. The highest BCUT2D eigenvalue weighted by Gasteiger charge is 2.10. The predicted octanol–water partition coefficient (Wildman–Crippen LogP) is 4.78. The summed E-state index contributed by atoms with van der Waals surface area (Å²) < 4.78 is 13.4. The predicted molar refractivity (Wildman–Crippen MR) is 105 cm³/mol. The van der Waals surface area contributed by atoms with Crippen molar-refractivity contribution >= 4 is 17.4 Å². The zero-order chi connectivity index (χ0) is 19.6. The number of aromatic nitrogens is 1. The normalized spacial score (nSPS) is 12.2. The van der Waals surface area contributed by atoms with Crippen molar-refractivity contribution in [1.29, 1.82) is 0 Å². The molecule has 0 saturated heterocycles. The minimum Gasteiger partial charge on any atom is -0.391 e. The summed E-state index contributed by atoms with van der Waals surface area (Å²) in [6.45, 7) is 7.03. The minimum atomic E-state index is -0.667. The molecule has 5 nitrogen and oxygen atoms in total. The van der Waals surface area contributed by atoms with Crippen LogP contribution in [0, 0.1) is 0 Å².